The molecule has 3 heterocycles. The Labute approximate surface area is 141 Å². The van der Waals surface area contributed by atoms with Gasteiger partial charge < -0.3 is 0 Å². The van der Waals surface area contributed by atoms with Gasteiger partial charge in [0.05, 0.1) is 6.42 Å². The van der Waals surface area contributed by atoms with E-state index in [0.29, 0.717) is 5.01 Å². The van der Waals surface area contributed by atoms with Gasteiger partial charge >= 0.3 is 5.91 Å². The van der Waals surface area contributed by atoms with Crippen LogP contribution in [0, 0.1) is 0 Å². The summed E-state index contributed by atoms with van der Waals surface area (Å²) in [5.41, 5.74) is 4.35. The van der Waals surface area contributed by atoms with E-state index in [-0.39, 0.29) is 23.2 Å². The van der Waals surface area contributed by atoms with Crippen molar-refractivity contribution in [3.8, 4) is 0 Å². The summed E-state index contributed by atoms with van der Waals surface area (Å²) < 4.78 is 0. The molecule has 0 saturated heterocycles. The lowest BCUT2D eigenvalue weighted by molar-refractivity contribution is -0.121. The first-order valence-electron chi connectivity index (χ1n) is 6.55. The maximum atomic E-state index is 11.8. The average Bonchev–Trinajstić information content (AvgIpc) is 3.34. The van der Waals surface area contributed by atoms with Crippen molar-refractivity contribution in [3.05, 3.63) is 29.3 Å². The zero-order valence-corrected chi connectivity index (χ0v) is 13.0. The molecule has 15 heteroatoms. The first-order valence-corrected chi connectivity index (χ1v) is 7.37. The van der Waals surface area contributed by atoms with E-state index < -0.39 is 17.7 Å². The minimum Gasteiger partial charge on any atom is -0.294 e. The lowest BCUT2D eigenvalue weighted by atomic mass is 10.4. The van der Waals surface area contributed by atoms with Gasteiger partial charge in [-0.15, -0.1) is 10.2 Å². The molecule has 0 aromatic carbocycles. The maximum absolute atomic E-state index is 11.8. The van der Waals surface area contributed by atoms with Gasteiger partial charge in [0.25, 0.3) is 5.91 Å². The monoisotopic (exact) mass is 363 g/mol. The predicted octanol–water partition coefficient (Wildman–Crippen LogP) is -1.97. The molecule has 5 N–H and O–H groups in total. The molecular formula is C10H9N11O3S. The van der Waals surface area contributed by atoms with Crippen molar-refractivity contribution in [1.82, 2.24) is 51.4 Å². The van der Waals surface area contributed by atoms with Crippen LogP contribution in [-0.4, -0.2) is 58.3 Å². The molecule has 14 nitrogen and oxygen atoms in total. The van der Waals surface area contributed by atoms with Gasteiger partial charge in [0, 0.05) is 0 Å². The van der Waals surface area contributed by atoms with E-state index in [2.05, 4.69) is 56.7 Å². The van der Waals surface area contributed by atoms with E-state index >= 15 is 0 Å². The number of aromatic nitrogens is 8. The number of carbonyl (C=O) groups is 3. The minimum absolute atomic E-state index is 0.0182. The molecule has 0 saturated carbocycles. The molecule has 0 aliphatic carbocycles. The number of hydrogen-bond acceptors (Lipinski definition) is 10. The molecular weight excluding hydrogens is 354 g/mol. The number of nitrogens with zero attached hydrogens (tertiary/aromatic N) is 6. The SMILES string of the molecule is O=C(Cc1nnc(NC(=O)c2ncn[nH]2)s1)NNC(=O)c1ncn[nH]1. The smallest absolute Gasteiger partial charge is 0.294 e. The Bertz CT molecular complexity index is 872. The molecule has 0 spiro atoms. The van der Waals surface area contributed by atoms with Crippen molar-refractivity contribution in [2.75, 3.05) is 5.32 Å². The topological polar surface area (TPSA) is 196 Å². The third-order valence-corrected chi connectivity index (χ3v) is 3.41. The maximum Gasteiger partial charge on any atom is 0.306 e. The van der Waals surface area contributed by atoms with Crippen molar-refractivity contribution in [2.24, 2.45) is 0 Å². The molecule has 0 bridgehead atoms. The fraction of sp³-hybridized carbons (Fsp3) is 0.100. The minimum atomic E-state index is -0.650. The number of rotatable bonds is 5. The van der Waals surface area contributed by atoms with Gasteiger partial charge in [-0.05, 0) is 0 Å². The summed E-state index contributed by atoms with van der Waals surface area (Å²) in [7, 11) is 0. The third-order valence-electron chi connectivity index (χ3n) is 2.57. The van der Waals surface area contributed by atoms with E-state index in [9.17, 15) is 14.4 Å². The lowest BCUT2D eigenvalue weighted by Gasteiger charge is -2.03. The Morgan fingerprint density at radius 2 is 1.64 bits per heavy atom. The molecule has 0 aliphatic rings. The van der Waals surface area contributed by atoms with E-state index in [0.717, 1.165) is 17.7 Å². The second-order valence-electron chi connectivity index (χ2n) is 4.30. The summed E-state index contributed by atoms with van der Waals surface area (Å²) in [5.74, 6) is -1.75. The van der Waals surface area contributed by atoms with Crippen LogP contribution in [0.1, 0.15) is 26.2 Å². The molecule has 0 radical (unpaired) electrons. The van der Waals surface area contributed by atoms with Crippen LogP contribution in [-0.2, 0) is 11.2 Å². The van der Waals surface area contributed by atoms with Crippen LogP contribution < -0.4 is 16.2 Å². The van der Waals surface area contributed by atoms with Gasteiger partial charge in [0.1, 0.15) is 17.7 Å². The van der Waals surface area contributed by atoms with Gasteiger partial charge in [0.2, 0.25) is 22.7 Å². The molecule has 0 atom stereocenters. The van der Waals surface area contributed by atoms with Crippen molar-refractivity contribution in [2.45, 2.75) is 6.42 Å². The fourth-order valence-corrected chi connectivity index (χ4v) is 2.26. The standard InChI is InChI=1S/C10H9N11O3S/c22-4(16-20-9(24)7-12-3-14-19-7)1-5-17-21-10(25-5)15-8(23)6-11-2-13-18-6/h2-3H,1H2,(H,16,22)(H,20,24)(H,11,13,18)(H,12,14,19)(H,15,21,23). The van der Waals surface area contributed by atoms with Crippen LogP contribution in [0.25, 0.3) is 0 Å². The second-order valence-corrected chi connectivity index (χ2v) is 5.36. The quantitative estimate of drug-likeness (QED) is 0.319. The lowest BCUT2D eigenvalue weighted by Crippen LogP contribution is -2.42. The van der Waals surface area contributed by atoms with E-state index in [1.807, 2.05) is 0 Å². The zero-order chi connectivity index (χ0) is 17.6. The van der Waals surface area contributed by atoms with Gasteiger partial charge in [-0.3, -0.25) is 40.7 Å². The van der Waals surface area contributed by atoms with E-state index in [1.165, 1.54) is 6.33 Å². The molecule has 0 fully saturated rings. The first-order chi connectivity index (χ1) is 12.1. The summed E-state index contributed by atoms with van der Waals surface area (Å²) in [5, 5.41) is 22.3. The van der Waals surface area contributed by atoms with Crippen LogP contribution in [0.15, 0.2) is 12.7 Å². The number of carbonyl (C=O) groups excluding carboxylic acids is 3. The number of hydrazine groups is 1. The zero-order valence-electron chi connectivity index (χ0n) is 12.2. The largest absolute Gasteiger partial charge is 0.306 e. The van der Waals surface area contributed by atoms with Gasteiger partial charge in [-0.2, -0.15) is 10.2 Å². The van der Waals surface area contributed by atoms with Crippen LogP contribution in [0.3, 0.4) is 0 Å². The fourth-order valence-electron chi connectivity index (χ4n) is 1.53. The van der Waals surface area contributed by atoms with Crippen molar-refractivity contribution < 1.29 is 14.4 Å². The van der Waals surface area contributed by atoms with Crippen LogP contribution in [0.5, 0.6) is 0 Å². The van der Waals surface area contributed by atoms with Crippen LogP contribution in [0.2, 0.25) is 0 Å². The number of hydrogen-bond donors (Lipinski definition) is 5. The summed E-state index contributed by atoms with van der Waals surface area (Å²) in [4.78, 5) is 42.4. The molecule has 3 aromatic heterocycles. The van der Waals surface area contributed by atoms with Crippen LogP contribution in [0.4, 0.5) is 5.13 Å². The molecule has 3 amide bonds. The highest BCUT2D eigenvalue weighted by atomic mass is 32.1. The predicted molar refractivity (Wildman–Crippen MR) is 79.9 cm³/mol. The Balaban J connectivity index is 1.48. The Morgan fingerprint density at radius 1 is 0.960 bits per heavy atom. The Hall–Kier alpha value is -3.75. The summed E-state index contributed by atoms with van der Waals surface area (Å²) >= 11 is 1.00. The van der Waals surface area contributed by atoms with E-state index in [4.69, 9.17) is 0 Å². The Kier molecular flexibility index (Phi) is 4.65. The number of H-pyrrole nitrogens is 2. The highest BCUT2D eigenvalue weighted by molar-refractivity contribution is 7.15. The summed E-state index contributed by atoms with van der Waals surface area (Å²) in [6.07, 6.45) is 2.21. The molecule has 0 unspecified atom stereocenters. The van der Waals surface area contributed by atoms with Gasteiger partial charge in [-0.1, -0.05) is 11.3 Å². The van der Waals surface area contributed by atoms with Crippen molar-refractivity contribution in [3.63, 3.8) is 0 Å². The Morgan fingerprint density at radius 3 is 2.28 bits per heavy atom. The summed E-state index contributed by atoms with van der Waals surface area (Å²) in [6.45, 7) is 0. The highest BCUT2D eigenvalue weighted by Gasteiger charge is 2.15. The van der Waals surface area contributed by atoms with Gasteiger partial charge in [-0.25, -0.2) is 9.97 Å². The van der Waals surface area contributed by atoms with Crippen molar-refractivity contribution >= 4 is 34.2 Å². The molecule has 128 valence electrons. The second kappa shape index (κ2) is 7.21. The number of aromatic amines is 2. The van der Waals surface area contributed by atoms with Crippen molar-refractivity contribution in [1.29, 1.82) is 0 Å². The normalized spacial score (nSPS) is 10.2. The van der Waals surface area contributed by atoms with E-state index in [1.54, 1.807) is 0 Å². The highest BCUT2D eigenvalue weighted by Crippen LogP contribution is 2.16. The first kappa shape index (κ1) is 16.1. The molecule has 3 aromatic rings. The van der Waals surface area contributed by atoms with Crippen LogP contribution >= 0.6 is 11.3 Å². The average molecular weight is 363 g/mol. The molecule has 3 rings (SSSR count). The third kappa shape index (κ3) is 4.16. The number of amides is 3. The number of anilines is 1. The molecule has 25 heavy (non-hydrogen) atoms. The molecule has 0 aliphatic heterocycles. The number of nitrogens with one attached hydrogen (secondary N) is 5. The summed E-state index contributed by atoms with van der Waals surface area (Å²) in [6, 6.07) is 0. The van der Waals surface area contributed by atoms with Gasteiger partial charge in [0.15, 0.2) is 0 Å².